The third kappa shape index (κ3) is 5.47. The number of benzene rings is 1. The summed E-state index contributed by atoms with van der Waals surface area (Å²) in [6.45, 7) is 1.50. The molecular weight excluding hydrogens is 266 g/mol. The van der Waals surface area contributed by atoms with E-state index in [4.69, 9.17) is 4.74 Å². The summed E-state index contributed by atoms with van der Waals surface area (Å²) in [6, 6.07) is 8.32. The topological polar surface area (TPSA) is 53.6 Å². The largest absolute Gasteiger partial charge is 0.447 e. The van der Waals surface area contributed by atoms with Crippen molar-refractivity contribution < 1.29 is 9.53 Å². The molecule has 0 bridgehead atoms. The summed E-state index contributed by atoms with van der Waals surface area (Å²) < 4.78 is 4.88. The Kier molecular flexibility index (Phi) is 5.63. The van der Waals surface area contributed by atoms with Gasteiger partial charge in [-0.2, -0.15) is 0 Å². The second-order valence-corrected chi connectivity index (χ2v) is 5.48. The number of ether oxygens (including phenoxy) is 1. The van der Waals surface area contributed by atoms with Crippen molar-refractivity contribution in [1.82, 2.24) is 10.2 Å². The van der Waals surface area contributed by atoms with Gasteiger partial charge in [0, 0.05) is 12.2 Å². The highest BCUT2D eigenvalue weighted by molar-refractivity contribution is 5.69. The highest BCUT2D eigenvalue weighted by Gasteiger charge is 2.21. The van der Waals surface area contributed by atoms with Gasteiger partial charge in [0.25, 0.3) is 0 Å². The lowest BCUT2D eigenvalue weighted by molar-refractivity contribution is 0.177. The van der Waals surface area contributed by atoms with Gasteiger partial charge < -0.3 is 20.3 Å². The Morgan fingerprint density at radius 2 is 2.14 bits per heavy atom. The molecule has 2 rings (SSSR count). The molecule has 2 N–H and O–H groups in total. The second-order valence-electron chi connectivity index (χ2n) is 5.48. The highest BCUT2D eigenvalue weighted by Crippen LogP contribution is 2.13. The molecule has 5 nitrogen and oxygen atoms in total. The monoisotopic (exact) mass is 289 g/mol. The molecule has 5 heteroatoms. The van der Waals surface area contributed by atoms with Crippen LogP contribution in [0.1, 0.15) is 12.0 Å². The van der Waals surface area contributed by atoms with Gasteiger partial charge in [0.05, 0.1) is 6.04 Å². The Hall–Kier alpha value is -2.01. The average Bonchev–Trinajstić information content (AvgIpc) is 2.85. The molecule has 1 heterocycles. The maximum atomic E-state index is 11.0. The molecule has 0 saturated carbocycles. The van der Waals surface area contributed by atoms with E-state index in [0.29, 0.717) is 6.61 Å². The zero-order chi connectivity index (χ0) is 15.1. The van der Waals surface area contributed by atoms with Gasteiger partial charge in [0.2, 0.25) is 0 Å². The molecule has 1 aromatic carbocycles. The minimum atomic E-state index is -0.318. The van der Waals surface area contributed by atoms with E-state index >= 15 is 0 Å². The molecule has 1 fully saturated rings. The maximum Gasteiger partial charge on any atom is 0.407 e. The number of amides is 1. The predicted octanol–water partition coefficient (Wildman–Crippen LogP) is 2.21. The molecule has 1 saturated heterocycles. The first kappa shape index (κ1) is 15.4. The van der Waals surface area contributed by atoms with Gasteiger partial charge >= 0.3 is 6.09 Å². The van der Waals surface area contributed by atoms with Crippen molar-refractivity contribution in [3.63, 3.8) is 0 Å². The summed E-state index contributed by atoms with van der Waals surface area (Å²) in [5.41, 5.74) is 2.25. The van der Waals surface area contributed by atoms with Gasteiger partial charge in [0.15, 0.2) is 0 Å². The zero-order valence-electron chi connectivity index (χ0n) is 12.6. The van der Waals surface area contributed by atoms with Gasteiger partial charge in [-0.05, 0) is 50.8 Å². The van der Waals surface area contributed by atoms with E-state index in [1.165, 1.54) is 5.56 Å². The van der Waals surface area contributed by atoms with E-state index < -0.39 is 0 Å². The van der Waals surface area contributed by atoms with Crippen LogP contribution in [0, 0.1) is 0 Å². The van der Waals surface area contributed by atoms with Gasteiger partial charge in [0.1, 0.15) is 6.61 Å². The average molecular weight is 289 g/mol. The first-order valence-corrected chi connectivity index (χ1v) is 7.22. The van der Waals surface area contributed by atoms with Crippen molar-refractivity contribution >= 4 is 11.8 Å². The number of nitrogens with zero attached hydrogens (tertiary/aromatic N) is 1. The van der Waals surface area contributed by atoms with Crippen LogP contribution in [-0.2, 0) is 11.2 Å². The number of alkyl carbamates (subject to hydrolysis) is 1. The van der Waals surface area contributed by atoms with Gasteiger partial charge in [-0.15, -0.1) is 0 Å². The van der Waals surface area contributed by atoms with E-state index in [9.17, 15) is 4.79 Å². The van der Waals surface area contributed by atoms with E-state index in [1.54, 1.807) is 0 Å². The van der Waals surface area contributed by atoms with E-state index in [2.05, 4.69) is 47.8 Å². The van der Waals surface area contributed by atoms with Crippen LogP contribution < -0.4 is 10.6 Å². The SMILES string of the molecule is CN(C)CC/C=C/Nc1ccc(C[C@H]2COC(=O)N2)cc1. The minimum absolute atomic E-state index is 0.0854. The number of carbonyl (C=O) groups excluding carboxylic acids is 1. The Bertz CT molecular complexity index is 483. The summed E-state index contributed by atoms with van der Waals surface area (Å²) in [7, 11) is 4.13. The van der Waals surface area contributed by atoms with Crippen molar-refractivity contribution in [2.24, 2.45) is 0 Å². The standard InChI is InChI=1S/C16H23N3O2/c1-19(2)10-4-3-9-17-14-7-5-13(6-8-14)11-15-12-21-16(20)18-15/h3,5-9,15,17H,4,10-12H2,1-2H3,(H,18,20)/b9-3+/t15-/m0/s1. The van der Waals surface area contributed by atoms with Crippen LogP contribution in [0.25, 0.3) is 0 Å². The smallest absolute Gasteiger partial charge is 0.407 e. The van der Waals surface area contributed by atoms with Crippen LogP contribution in [0.4, 0.5) is 10.5 Å². The maximum absolute atomic E-state index is 11.0. The first-order valence-electron chi connectivity index (χ1n) is 7.22. The highest BCUT2D eigenvalue weighted by atomic mass is 16.6. The predicted molar refractivity (Wildman–Crippen MR) is 84.4 cm³/mol. The number of anilines is 1. The van der Waals surface area contributed by atoms with E-state index in [0.717, 1.165) is 25.1 Å². The molecule has 0 spiro atoms. The number of cyclic esters (lactones) is 1. The Morgan fingerprint density at radius 3 is 2.76 bits per heavy atom. The summed E-state index contributed by atoms with van der Waals surface area (Å²) in [5, 5.41) is 6.04. The quantitative estimate of drug-likeness (QED) is 0.808. The van der Waals surface area contributed by atoms with E-state index in [-0.39, 0.29) is 12.1 Å². The summed E-state index contributed by atoms with van der Waals surface area (Å²) in [6.07, 6.45) is 5.61. The molecule has 0 aliphatic carbocycles. The van der Waals surface area contributed by atoms with Crippen molar-refractivity contribution in [2.45, 2.75) is 18.9 Å². The first-order chi connectivity index (χ1) is 10.1. The van der Waals surface area contributed by atoms with Gasteiger partial charge in [-0.1, -0.05) is 18.2 Å². The van der Waals surface area contributed by atoms with Crippen LogP contribution in [0.2, 0.25) is 0 Å². The fourth-order valence-corrected chi connectivity index (χ4v) is 2.13. The normalized spacial score (nSPS) is 18.0. The molecule has 1 aliphatic heterocycles. The molecule has 114 valence electrons. The Labute approximate surface area is 126 Å². The number of hydrogen-bond acceptors (Lipinski definition) is 4. The van der Waals surface area contributed by atoms with Crippen LogP contribution in [0.5, 0.6) is 0 Å². The molecule has 0 aromatic heterocycles. The van der Waals surface area contributed by atoms with E-state index in [1.807, 2.05) is 18.3 Å². The summed E-state index contributed by atoms with van der Waals surface area (Å²) in [4.78, 5) is 13.1. The zero-order valence-corrected chi connectivity index (χ0v) is 12.6. The lowest BCUT2D eigenvalue weighted by Crippen LogP contribution is -2.28. The van der Waals surface area contributed by atoms with Crippen molar-refractivity contribution in [3.05, 3.63) is 42.1 Å². The third-order valence-corrected chi connectivity index (χ3v) is 3.28. The summed E-state index contributed by atoms with van der Waals surface area (Å²) >= 11 is 0. The Morgan fingerprint density at radius 1 is 1.38 bits per heavy atom. The second kappa shape index (κ2) is 7.69. The number of hydrogen-bond donors (Lipinski definition) is 2. The number of carbonyl (C=O) groups is 1. The van der Waals surface area contributed by atoms with Gasteiger partial charge in [-0.3, -0.25) is 0 Å². The van der Waals surface area contributed by atoms with Crippen molar-refractivity contribution in [2.75, 3.05) is 32.6 Å². The number of rotatable bonds is 7. The minimum Gasteiger partial charge on any atom is -0.447 e. The molecule has 1 amide bonds. The van der Waals surface area contributed by atoms with Crippen molar-refractivity contribution in [1.29, 1.82) is 0 Å². The molecule has 0 unspecified atom stereocenters. The molecule has 1 aliphatic rings. The third-order valence-electron chi connectivity index (χ3n) is 3.28. The lowest BCUT2D eigenvalue weighted by atomic mass is 10.1. The van der Waals surface area contributed by atoms with Crippen LogP contribution >= 0.6 is 0 Å². The van der Waals surface area contributed by atoms with Crippen LogP contribution in [-0.4, -0.2) is 44.3 Å². The fraction of sp³-hybridized carbons (Fsp3) is 0.438. The van der Waals surface area contributed by atoms with Crippen LogP contribution in [0.15, 0.2) is 36.5 Å². The van der Waals surface area contributed by atoms with Crippen molar-refractivity contribution in [3.8, 4) is 0 Å². The Balaban J connectivity index is 1.75. The fourth-order valence-electron chi connectivity index (χ4n) is 2.13. The molecule has 21 heavy (non-hydrogen) atoms. The van der Waals surface area contributed by atoms with Gasteiger partial charge in [-0.25, -0.2) is 4.79 Å². The summed E-state index contributed by atoms with van der Waals surface area (Å²) in [5.74, 6) is 0. The molecule has 0 radical (unpaired) electrons. The lowest BCUT2D eigenvalue weighted by Gasteiger charge is -2.08. The molecule has 1 aromatic rings. The molecule has 1 atom stereocenters. The molecular formula is C16H23N3O2. The van der Waals surface area contributed by atoms with Crippen LogP contribution in [0.3, 0.4) is 0 Å². The number of nitrogens with one attached hydrogen (secondary N) is 2.